The van der Waals surface area contributed by atoms with E-state index in [9.17, 15) is 0 Å². The Balaban J connectivity index is 1.91. The first kappa shape index (κ1) is 16.6. The summed E-state index contributed by atoms with van der Waals surface area (Å²) in [6.45, 7) is 4.15. The predicted molar refractivity (Wildman–Crippen MR) is 101 cm³/mol. The summed E-state index contributed by atoms with van der Waals surface area (Å²) in [5.41, 5.74) is 2.37. The van der Waals surface area contributed by atoms with Gasteiger partial charge >= 0.3 is 0 Å². The Morgan fingerprint density at radius 3 is 1.32 bits per heavy atom. The molecule has 0 amide bonds. The molecule has 22 heavy (non-hydrogen) atoms. The van der Waals surface area contributed by atoms with E-state index in [2.05, 4.69) is 48.7 Å². The van der Waals surface area contributed by atoms with Crippen molar-refractivity contribution in [3.63, 3.8) is 0 Å². The monoisotopic (exact) mass is 328 g/mol. The highest BCUT2D eigenvalue weighted by Crippen LogP contribution is 2.13. The average molecular weight is 329 g/mol. The average Bonchev–Trinajstić information content (AvgIpc) is 2.56. The zero-order chi connectivity index (χ0) is 15.9. The summed E-state index contributed by atoms with van der Waals surface area (Å²) in [5, 5.41) is 6.56. The summed E-state index contributed by atoms with van der Waals surface area (Å²) in [5.74, 6) is 0. The molecule has 0 aliphatic heterocycles. The summed E-state index contributed by atoms with van der Waals surface area (Å²) in [7, 11) is 0. The molecule has 0 aliphatic rings. The zero-order valence-electron chi connectivity index (χ0n) is 12.7. The Bertz CT molecular complexity index is 569. The minimum atomic E-state index is 0.125. The molecular weight excluding hydrogens is 308 g/mol. The Morgan fingerprint density at radius 2 is 1.00 bits per heavy atom. The van der Waals surface area contributed by atoms with Gasteiger partial charge in [-0.3, -0.25) is 0 Å². The lowest BCUT2D eigenvalue weighted by molar-refractivity contribution is 0.710. The SMILES string of the molecule is C[C@@H](NC(=S)C(=S)N[C@H](C)c1ccccc1)c1ccccc1. The Hall–Kier alpha value is -1.78. The lowest BCUT2D eigenvalue weighted by Crippen LogP contribution is -2.39. The van der Waals surface area contributed by atoms with Crippen molar-refractivity contribution in [3.05, 3.63) is 71.8 Å². The van der Waals surface area contributed by atoms with Gasteiger partial charge in [0.2, 0.25) is 0 Å². The van der Waals surface area contributed by atoms with Crippen LogP contribution < -0.4 is 10.6 Å². The summed E-state index contributed by atoms with van der Waals surface area (Å²) < 4.78 is 0. The van der Waals surface area contributed by atoms with Crippen LogP contribution in [-0.2, 0) is 0 Å². The Morgan fingerprint density at radius 1 is 0.682 bits per heavy atom. The van der Waals surface area contributed by atoms with Crippen molar-refractivity contribution < 1.29 is 0 Å². The van der Waals surface area contributed by atoms with Crippen LogP contribution in [0.4, 0.5) is 0 Å². The van der Waals surface area contributed by atoms with Gasteiger partial charge in [0.25, 0.3) is 0 Å². The molecule has 2 aromatic rings. The predicted octanol–water partition coefficient (Wildman–Crippen LogP) is 4.34. The van der Waals surface area contributed by atoms with Crippen molar-refractivity contribution in [1.29, 1.82) is 0 Å². The number of rotatable bonds is 4. The van der Waals surface area contributed by atoms with Gasteiger partial charge in [0, 0.05) is 12.1 Å². The van der Waals surface area contributed by atoms with Crippen molar-refractivity contribution in [2.24, 2.45) is 0 Å². The standard InChI is InChI=1S/C18H20N2S2/c1-13(15-9-5-3-6-10-15)19-17(21)18(22)20-14(2)16-11-7-4-8-12-16/h3-14H,1-2H3,(H,19,21)(H,20,22)/t13-,14-/m1/s1. The topological polar surface area (TPSA) is 24.1 Å². The van der Waals surface area contributed by atoms with Crippen molar-refractivity contribution >= 4 is 34.4 Å². The van der Waals surface area contributed by atoms with E-state index in [4.69, 9.17) is 24.4 Å². The molecule has 0 aliphatic carbocycles. The lowest BCUT2D eigenvalue weighted by Gasteiger charge is -2.20. The molecule has 0 radical (unpaired) electrons. The maximum absolute atomic E-state index is 5.41. The van der Waals surface area contributed by atoms with E-state index < -0.39 is 0 Å². The van der Waals surface area contributed by atoms with Crippen molar-refractivity contribution in [1.82, 2.24) is 10.6 Å². The minimum absolute atomic E-state index is 0.125. The maximum atomic E-state index is 5.41. The van der Waals surface area contributed by atoms with E-state index in [1.165, 1.54) is 11.1 Å². The van der Waals surface area contributed by atoms with Crippen LogP contribution in [0.3, 0.4) is 0 Å². The van der Waals surface area contributed by atoms with Gasteiger partial charge in [-0.15, -0.1) is 0 Å². The molecule has 2 rings (SSSR count). The molecule has 0 aromatic heterocycles. The van der Waals surface area contributed by atoms with Gasteiger partial charge in [-0.25, -0.2) is 0 Å². The summed E-state index contributed by atoms with van der Waals surface area (Å²) in [6, 6.07) is 20.6. The molecule has 0 fully saturated rings. The van der Waals surface area contributed by atoms with E-state index in [0.29, 0.717) is 9.98 Å². The molecule has 2 N–H and O–H groups in total. The van der Waals surface area contributed by atoms with E-state index in [0.717, 1.165) is 0 Å². The van der Waals surface area contributed by atoms with Crippen LogP contribution in [0.15, 0.2) is 60.7 Å². The maximum Gasteiger partial charge on any atom is 0.134 e. The normalized spacial score (nSPS) is 13.0. The highest BCUT2D eigenvalue weighted by molar-refractivity contribution is 7.89. The third kappa shape index (κ3) is 4.61. The highest BCUT2D eigenvalue weighted by atomic mass is 32.1. The second-order valence-corrected chi connectivity index (χ2v) is 6.03. The second kappa shape index (κ2) is 8.01. The second-order valence-electron chi connectivity index (χ2n) is 5.21. The van der Waals surface area contributed by atoms with Gasteiger partial charge in [-0.05, 0) is 25.0 Å². The van der Waals surface area contributed by atoms with Gasteiger partial charge in [0.05, 0.1) is 0 Å². The molecule has 4 heteroatoms. The first-order valence-electron chi connectivity index (χ1n) is 7.29. The van der Waals surface area contributed by atoms with Gasteiger partial charge in [-0.1, -0.05) is 85.1 Å². The Kier molecular flexibility index (Phi) is 6.04. The molecule has 0 heterocycles. The van der Waals surface area contributed by atoms with Crippen molar-refractivity contribution in [3.8, 4) is 0 Å². The molecular formula is C18H20N2S2. The number of hydrogen-bond acceptors (Lipinski definition) is 2. The van der Waals surface area contributed by atoms with E-state index in [-0.39, 0.29) is 12.1 Å². The van der Waals surface area contributed by atoms with Crippen molar-refractivity contribution in [2.75, 3.05) is 0 Å². The number of benzene rings is 2. The number of thiocarbonyl (C=S) groups is 2. The lowest BCUT2D eigenvalue weighted by atomic mass is 10.1. The van der Waals surface area contributed by atoms with Gasteiger partial charge in [0.15, 0.2) is 0 Å². The smallest absolute Gasteiger partial charge is 0.134 e. The van der Waals surface area contributed by atoms with Crippen molar-refractivity contribution in [2.45, 2.75) is 25.9 Å². The fraction of sp³-hybridized carbons (Fsp3) is 0.222. The van der Waals surface area contributed by atoms with Crippen LogP contribution in [0.25, 0.3) is 0 Å². The molecule has 0 saturated heterocycles. The van der Waals surface area contributed by atoms with Crippen LogP contribution in [0, 0.1) is 0 Å². The third-order valence-electron chi connectivity index (χ3n) is 3.50. The van der Waals surface area contributed by atoms with Gasteiger partial charge in [-0.2, -0.15) is 0 Å². The largest absolute Gasteiger partial charge is 0.367 e. The van der Waals surface area contributed by atoms with Crippen LogP contribution in [0.1, 0.15) is 37.1 Å². The molecule has 2 atom stereocenters. The molecule has 0 bridgehead atoms. The van der Waals surface area contributed by atoms with Gasteiger partial charge in [0.1, 0.15) is 9.98 Å². The van der Waals surface area contributed by atoms with Crippen LogP contribution >= 0.6 is 24.4 Å². The molecule has 2 aromatic carbocycles. The van der Waals surface area contributed by atoms with Gasteiger partial charge < -0.3 is 10.6 Å². The van der Waals surface area contributed by atoms with E-state index in [1.807, 2.05) is 36.4 Å². The fourth-order valence-electron chi connectivity index (χ4n) is 2.17. The number of hydrogen-bond donors (Lipinski definition) is 2. The fourth-order valence-corrected chi connectivity index (χ4v) is 2.65. The van der Waals surface area contributed by atoms with Crippen LogP contribution in [-0.4, -0.2) is 9.98 Å². The summed E-state index contributed by atoms with van der Waals surface area (Å²) >= 11 is 10.8. The van der Waals surface area contributed by atoms with Crippen LogP contribution in [0.5, 0.6) is 0 Å². The first-order chi connectivity index (χ1) is 10.6. The van der Waals surface area contributed by atoms with E-state index >= 15 is 0 Å². The summed E-state index contributed by atoms with van der Waals surface area (Å²) in [4.78, 5) is 1.16. The molecule has 114 valence electrons. The third-order valence-corrected chi connectivity index (χ3v) is 4.27. The van der Waals surface area contributed by atoms with Crippen LogP contribution in [0.2, 0.25) is 0 Å². The zero-order valence-corrected chi connectivity index (χ0v) is 14.4. The molecule has 2 nitrogen and oxygen atoms in total. The molecule has 0 spiro atoms. The van der Waals surface area contributed by atoms with E-state index in [1.54, 1.807) is 0 Å². The highest BCUT2D eigenvalue weighted by Gasteiger charge is 2.13. The summed E-state index contributed by atoms with van der Waals surface area (Å²) in [6.07, 6.45) is 0. The Labute approximate surface area is 142 Å². The number of nitrogens with one attached hydrogen (secondary N) is 2. The quantitative estimate of drug-likeness (QED) is 0.815. The minimum Gasteiger partial charge on any atom is -0.367 e. The first-order valence-corrected chi connectivity index (χ1v) is 8.11. The molecule has 0 saturated carbocycles. The molecule has 0 unspecified atom stereocenters.